The first-order chi connectivity index (χ1) is 13.2. The Balaban J connectivity index is 1.97. The van der Waals surface area contributed by atoms with Gasteiger partial charge in [0.15, 0.2) is 0 Å². The van der Waals surface area contributed by atoms with Crippen LogP contribution < -0.4 is 10.7 Å². The molecule has 2 aromatic carbocycles. The monoisotopic (exact) mass is 408 g/mol. The number of pyridine rings is 1. The number of benzene rings is 2. The number of hydrogen-bond donors (Lipinski definition) is 1. The number of aromatic nitrogens is 1. The van der Waals surface area contributed by atoms with E-state index in [-0.39, 0.29) is 23.0 Å². The van der Waals surface area contributed by atoms with E-state index in [2.05, 4.69) is 5.32 Å². The van der Waals surface area contributed by atoms with E-state index in [0.717, 1.165) is 23.8 Å². The van der Waals surface area contributed by atoms with Gasteiger partial charge in [0.25, 0.3) is 5.91 Å². The Hall–Kier alpha value is -2.80. The van der Waals surface area contributed by atoms with Crippen molar-refractivity contribution >= 4 is 28.4 Å². The van der Waals surface area contributed by atoms with Crippen LogP contribution in [0.25, 0.3) is 10.9 Å². The summed E-state index contributed by atoms with van der Waals surface area (Å²) in [4.78, 5) is 25.2. The molecule has 0 atom stereocenters. The van der Waals surface area contributed by atoms with Crippen molar-refractivity contribution in [2.24, 2.45) is 0 Å². The third kappa shape index (κ3) is 4.04. The number of hydrogen-bond acceptors (Lipinski definition) is 2. The van der Waals surface area contributed by atoms with Gasteiger partial charge in [-0.1, -0.05) is 23.7 Å². The van der Waals surface area contributed by atoms with Crippen LogP contribution in [0.5, 0.6) is 0 Å². The second-order valence-corrected chi connectivity index (χ2v) is 6.63. The van der Waals surface area contributed by atoms with Crippen molar-refractivity contribution in [3.63, 3.8) is 0 Å². The quantitative estimate of drug-likeness (QED) is 0.684. The summed E-state index contributed by atoms with van der Waals surface area (Å²) < 4.78 is 40.4. The zero-order chi connectivity index (χ0) is 20.5. The minimum absolute atomic E-state index is 0.0639. The summed E-state index contributed by atoms with van der Waals surface area (Å²) in [6, 6.07) is 9.73. The zero-order valence-corrected chi connectivity index (χ0v) is 15.6. The summed E-state index contributed by atoms with van der Waals surface area (Å²) in [5, 5.41) is 3.28. The van der Waals surface area contributed by atoms with Crippen LogP contribution in [0, 0.1) is 0 Å². The number of nitrogens with one attached hydrogen (secondary N) is 1. The van der Waals surface area contributed by atoms with E-state index in [9.17, 15) is 22.8 Å². The van der Waals surface area contributed by atoms with Gasteiger partial charge in [-0.25, -0.2) is 0 Å². The molecular weight excluding hydrogens is 393 g/mol. The molecule has 0 saturated carbocycles. The van der Waals surface area contributed by atoms with Gasteiger partial charge >= 0.3 is 6.18 Å². The summed E-state index contributed by atoms with van der Waals surface area (Å²) >= 11 is 5.82. The van der Waals surface area contributed by atoms with Gasteiger partial charge in [0, 0.05) is 29.7 Å². The highest BCUT2D eigenvalue weighted by Gasteiger charge is 2.31. The molecular formula is C20H16ClF3N2O2. The van der Waals surface area contributed by atoms with E-state index in [1.54, 1.807) is 31.2 Å². The van der Waals surface area contributed by atoms with Gasteiger partial charge in [-0.2, -0.15) is 13.2 Å². The summed E-state index contributed by atoms with van der Waals surface area (Å²) in [5.41, 5.74) is -0.646. The largest absolute Gasteiger partial charge is 0.416 e. The van der Waals surface area contributed by atoms with Crippen LogP contribution >= 0.6 is 11.6 Å². The van der Waals surface area contributed by atoms with Crippen LogP contribution in [-0.4, -0.2) is 10.5 Å². The van der Waals surface area contributed by atoms with Crippen molar-refractivity contribution in [1.29, 1.82) is 0 Å². The molecule has 0 bridgehead atoms. The SMILES string of the molecule is CCn1cc(C(=O)NCc2ccc(Cl)cc2)c(=O)c2ccc(C(F)(F)F)cc21. The summed E-state index contributed by atoms with van der Waals surface area (Å²) in [6.45, 7) is 2.21. The molecule has 0 unspecified atom stereocenters. The van der Waals surface area contributed by atoms with Gasteiger partial charge in [0.2, 0.25) is 5.43 Å². The van der Waals surface area contributed by atoms with Crippen LogP contribution in [0.2, 0.25) is 5.02 Å². The summed E-state index contributed by atoms with van der Waals surface area (Å²) in [7, 11) is 0. The fraction of sp³-hybridized carbons (Fsp3) is 0.200. The van der Waals surface area contributed by atoms with E-state index in [1.165, 1.54) is 10.8 Å². The van der Waals surface area contributed by atoms with Gasteiger partial charge in [-0.3, -0.25) is 9.59 Å². The van der Waals surface area contributed by atoms with Crippen molar-refractivity contribution in [3.05, 3.63) is 80.6 Å². The second kappa shape index (κ2) is 7.67. The maximum atomic E-state index is 13.0. The molecule has 3 rings (SSSR count). The topological polar surface area (TPSA) is 51.1 Å². The van der Waals surface area contributed by atoms with Gasteiger partial charge < -0.3 is 9.88 Å². The van der Waals surface area contributed by atoms with E-state index in [4.69, 9.17) is 11.6 Å². The van der Waals surface area contributed by atoms with E-state index < -0.39 is 23.1 Å². The van der Waals surface area contributed by atoms with Crippen LogP contribution in [0.15, 0.2) is 53.5 Å². The van der Waals surface area contributed by atoms with Gasteiger partial charge in [0.05, 0.1) is 11.1 Å². The summed E-state index contributed by atoms with van der Waals surface area (Å²) in [6.07, 6.45) is -3.22. The first kappa shape index (κ1) is 19.9. The molecule has 4 nitrogen and oxygen atoms in total. The first-order valence-electron chi connectivity index (χ1n) is 8.47. The predicted octanol–water partition coefficient (Wildman–Crippen LogP) is 4.62. The third-order valence-corrected chi connectivity index (χ3v) is 4.61. The number of carbonyl (C=O) groups excluding carboxylic acids is 1. The van der Waals surface area contributed by atoms with Crippen LogP contribution in [0.1, 0.15) is 28.4 Å². The molecule has 0 spiro atoms. The Labute approximate surface area is 163 Å². The Bertz CT molecular complexity index is 1090. The highest BCUT2D eigenvalue weighted by Crippen LogP contribution is 2.31. The first-order valence-corrected chi connectivity index (χ1v) is 8.85. The number of fused-ring (bicyclic) bond motifs is 1. The third-order valence-electron chi connectivity index (χ3n) is 4.36. The highest BCUT2D eigenvalue weighted by molar-refractivity contribution is 6.30. The Morgan fingerprint density at radius 2 is 1.82 bits per heavy atom. The van der Waals surface area contributed by atoms with Crippen LogP contribution in [-0.2, 0) is 19.3 Å². The number of nitrogens with zero attached hydrogens (tertiary/aromatic N) is 1. The standard InChI is InChI=1S/C20H16ClF3N2O2/c1-2-26-11-16(19(28)25-10-12-3-6-14(21)7-4-12)18(27)15-8-5-13(9-17(15)26)20(22,23)24/h3-9,11H,2,10H2,1H3,(H,25,28). The lowest BCUT2D eigenvalue weighted by atomic mass is 10.1. The number of carbonyl (C=O) groups is 1. The number of amides is 1. The molecule has 146 valence electrons. The van der Waals surface area contributed by atoms with Gasteiger partial charge in [0.1, 0.15) is 5.56 Å². The van der Waals surface area contributed by atoms with E-state index in [0.29, 0.717) is 11.6 Å². The molecule has 1 aromatic heterocycles. The molecule has 1 heterocycles. The van der Waals surface area contributed by atoms with Crippen LogP contribution in [0.3, 0.4) is 0 Å². The molecule has 0 aliphatic heterocycles. The minimum atomic E-state index is -4.52. The molecule has 3 aromatic rings. The molecule has 0 aliphatic carbocycles. The number of halogens is 4. The average Bonchev–Trinajstić information content (AvgIpc) is 2.66. The second-order valence-electron chi connectivity index (χ2n) is 6.20. The lowest BCUT2D eigenvalue weighted by Gasteiger charge is -2.14. The van der Waals surface area contributed by atoms with E-state index >= 15 is 0 Å². The van der Waals surface area contributed by atoms with Crippen molar-refractivity contribution in [1.82, 2.24) is 9.88 Å². The Morgan fingerprint density at radius 3 is 2.43 bits per heavy atom. The Kier molecular flexibility index (Phi) is 5.47. The normalized spacial score (nSPS) is 11.6. The maximum Gasteiger partial charge on any atom is 0.416 e. The van der Waals surface area contributed by atoms with Gasteiger partial charge in [-0.15, -0.1) is 0 Å². The molecule has 0 radical (unpaired) electrons. The fourth-order valence-corrected chi connectivity index (χ4v) is 3.00. The molecule has 1 N–H and O–H groups in total. The minimum Gasteiger partial charge on any atom is -0.348 e. The van der Waals surface area contributed by atoms with Crippen molar-refractivity contribution in [2.45, 2.75) is 26.2 Å². The van der Waals surface area contributed by atoms with Crippen molar-refractivity contribution < 1.29 is 18.0 Å². The lowest BCUT2D eigenvalue weighted by Crippen LogP contribution is -2.29. The molecule has 1 amide bonds. The molecule has 0 saturated heterocycles. The predicted molar refractivity (Wildman–Crippen MR) is 102 cm³/mol. The molecule has 8 heteroatoms. The van der Waals surface area contributed by atoms with Crippen LogP contribution in [0.4, 0.5) is 13.2 Å². The molecule has 0 aliphatic rings. The molecule has 0 fully saturated rings. The van der Waals surface area contributed by atoms with Crippen molar-refractivity contribution in [3.8, 4) is 0 Å². The van der Waals surface area contributed by atoms with Crippen molar-refractivity contribution in [2.75, 3.05) is 0 Å². The summed E-state index contributed by atoms with van der Waals surface area (Å²) in [5.74, 6) is -0.594. The van der Waals surface area contributed by atoms with E-state index in [1.807, 2.05) is 0 Å². The average molecular weight is 409 g/mol. The van der Waals surface area contributed by atoms with Gasteiger partial charge in [-0.05, 0) is 42.8 Å². The number of aryl methyl sites for hydroxylation is 1. The highest BCUT2D eigenvalue weighted by atomic mass is 35.5. The number of rotatable bonds is 4. The maximum absolute atomic E-state index is 13.0. The molecule has 28 heavy (non-hydrogen) atoms. The lowest BCUT2D eigenvalue weighted by molar-refractivity contribution is -0.137. The number of alkyl halides is 3. The zero-order valence-electron chi connectivity index (χ0n) is 14.8. The fourth-order valence-electron chi connectivity index (χ4n) is 2.87. The Morgan fingerprint density at radius 1 is 1.14 bits per heavy atom. The smallest absolute Gasteiger partial charge is 0.348 e.